The number of halogens is 2. The second kappa shape index (κ2) is 4.32. The van der Waals surface area contributed by atoms with Crippen LogP contribution in [-0.2, 0) is 0 Å². The van der Waals surface area contributed by atoms with Crippen molar-refractivity contribution in [1.29, 1.82) is 0 Å². The van der Waals surface area contributed by atoms with Crippen LogP contribution < -0.4 is 0 Å². The summed E-state index contributed by atoms with van der Waals surface area (Å²) in [5.41, 5.74) is 0.944. The summed E-state index contributed by atoms with van der Waals surface area (Å²) < 4.78 is 13.9. The minimum Gasteiger partial charge on any atom is -0.259 e. The van der Waals surface area contributed by atoms with Gasteiger partial charge in [0.05, 0.1) is 4.92 Å². The lowest BCUT2D eigenvalue weighted by Gasteiger charge is -2.00. The number of nitro groups is 1. The Morgan fingerprint density at radius 2 is 2.21 bits per heavy atom. The summed E-state index contributed by atoms with van der Waals surface area (Å²) in [7, 11) is 0. The molecule has 1 rings (SSSR count). The van der Waals surface area contributed by atoms with E-state index in [1.54, 1.807) is 6.92 Å². The third kappa shape index (κ3) is 2.63. The molecule has 74 valence electrons. The fraction of sp³-hybridized carbons (Fsp3) is 0.111. The molecule has 0 spiro atoms. The Hall–Kier alpha value is -1.23. The zero-order chi connectivity index (χ0) is 10.7. The van der Waals surface area contributed by atoms with Crippen LogP contribution in [0.5, 0.6) is 0 Å². The van der Waals surface area contributed by atoms with Gasteiger partial charge in [-0.1, -0.05) is 15.9 Å². The highest BCUT2D eigenvalue weighted by atomic mass is 79.9. The predicted octanol–water partition coefficient (Wildman–Crippen LogP) is 3.14. The fourth-order valence-electron chi connectivity index (χ4n) is 0.931. The van der Waals surface area contributed by atoms with E-state index in [1.165, 1.54) is 12.1 Å². The van der Waals surface area contributed by atoms with Crippen molar-refractivity contribution < 1.29 is 9.31 Å². The smallest absolute Gasteiger partial charge is 0.235 e. The van der Waals surface area contributed by atoms with E-state index in [0.717, 1.165) is 16.1 Å². The predicted molar refractivity (Wildman–Crippen MR) is 54.9 cm³/mol. The molecule has 0 heterocycles. The minimum atomic E-state index is -0.632. The Morgan fingerprint density at radius 3 is 2.79 bits per heavy atom. The Morgan fingerprint density at radius 1 is 1.57 bits per heavy atom. The molecule has 0 saturated heterocycles. The summed E-state index contributed by atoms with van der Waals surface area (Å²) >= 11 is 3.22. The SMILES string of the molecule is Cc1cc(F)c(/C=C/[N+](=O)[O-])cc1Br. The first-order valence-electron chi connectivity index (χ1n) is 3.78. The van der Waals surface area contributed by atoms with Crippen LogP contribution in [0.25, 0.3) is 6.08 Å². The van der Waals surface area contributed by atoms with Gasteiger partial charge in [-0.15, -0.1) is 0 Å². The number of hydrogen-bond acceptors (Lipinski definition) is 2. The number of nitrogens with zero attached hydrogens (tertiary/aromatic N) is 1. The highest BCUT2D eigenvalue weighted by Crippen LogP contribution is 2.21. The maximum atomic E-state index is 13.2. The molecular formula is C9H7BrFNO2. The Kier molecular flexibility index (Phi) is 3.35. The van der Waals surface area contributed by atoms with Gasteiger partial charge in [-0.3, -0.25) is 10.1 Å². The van der Waals surface area contributed by atoms with E-state index in [-0.39, 0.29) is 5.56 Å². The standard InChI is InChI=1S/C9H7BrFNO2/c1-6-4-9(11)7(5-8(6)10)2-3-12(13)14/h2-5H,1H3/b3-2+. The zero-order valence-electron chi connectivity index (χ0n) is 7.33. The van der Waals surface area contributed by atoms with Crippen LogP contribution in [0.15, 0.2) is 22.8 Å². The average Bonchev–Trinajstić information content (AvgIpc) is 2.09. The van der Waals surface area contributed by atoms with Gasteiger partial charge in [0.1, 0.15) is 5.82 Å². The van der Waals surface area contributed by atoms with Crippen LogP contribution in [0.4, 0.5) is 4.39 Å². The van der Waals surface area contributed by atoms with Crippen molar-refractivity contribution in [1.82, 2.24) is 0 Å². The number of aryl methyl sites for hydroxylation is 1. The largest absolute Gasteiger partial charge is 0.259 e. The van der Waals surface area contributed by atoms with Gasteiger partial charge in [-0.25, -0.2) is 4.39 Å². The zero-order valence-corrected chi connectivity index (χ0v) is 8.92. The van der Waals surface area contributed by atoms with Crippen molar-refractivity contribution in [2.45, 2.75) is 6.92 Å². The number of hydrogen-bond donors (Lipinski definition) is 0. The highest BCUT2D eigenvalue weighted by molar-refractivity contribution is 9.10. The summed E-state index contributed by atoms with van der Waals surface area (Å²) in [6, 6.07) is 2.83. The van der Waals surface area contributed by atoms with Crippen LogP contribution in [0.2, 0.25) is 0 Å². The molecule has 0 unspecified atom stereocenters. The molecule has 0 fully saturated rings. The second-order valence-corrected chi connectivity index (χ2v) is 3.58. The van der Waals surface area contributed by atoms with Crippen molar-refractivity contribution in [3.63, 3.8) is 0 Å². The molecule has 0 N–H and O–H groups in total. The van der Waals surface area contributed by atoms with E-state index in [2.05, 4.69) is 15.9 Å². The molecule has 0 radical (unpaired) electrons. The van der Waals surface area contributed by atoms with Gasteiger partial charge in [0.2, 0.25) is 6.20 Å². The third-order valence-electron chi connectivity index (χ3n) is 1.65. The Labute approximate surface area is 88.5 Å². The van der Waals surface area contributed by atoms with Crippen molar-refractivity contribution in [2.75, 3.05) is 0 Å². The summed E-state index contributed by atoms with van der Waals surface area (Å²) in [5, 5.41) is 10.0. The maximum absolute atomic E-state index is 13.2. The third-order valence-corrected chi connectivity index (χ3v) is 2.51. The van der Waals surface area contributed by atoms with Crippen LogP contribution in [0.1, 0.15) is 11.1 Å². The quantitative estimate of drug-likeness (QED) is 0.605. The molecule has 0 aromatic heterocycles. The molecule has 0 aliphatic carbocycles. The van der Waals surface area contributed by atoms with Crippen molar-refractivity contribution in [2.24, 2.45) is 0 Å². The first-order valence-corrected chi connectivity index (χ1v) is 4.57. The lowest BCUT2D eigenvalue weighted by Crippen LogP contribution is -1.88. The van der Waals surface area contributed by atoms with Crippen molar-refractivity contribution >= 4 is 22.0 Å². The second-order valence-electron chi connectivity index (χ2n) is 2.72. The molecule has 0 atom stereocenters. The normalized spacial score (nSPS) is 10.8. The summed E-state index contributed by atoms with van der Waals surface area (Å²) in [6.07, 6.45) is 1.83. The van der Waals surface area contributed by atoms with Crippen LogP contribution in [0.3, 0.4) is 0 Å². The van der Waals surface area contributed by atoms with Gasteiger partial charge in [-0.05, 0) is 24.6 Å². The lowest BCUT2D eigenvalue weighted by atomic mass is 10.1. The first-order chi connectivity index (χ1) is 6.50. The van der Waals surface area contributed by atoms with Gasteiger partial charge in [0.25, 0.3) is 0 Å². The molecule has 14 heavy (non-hydrogen) atoms. The lowest BCUT2D eigenvalue weighted by molar-refractivity contribution is -0.400. The van der Waals surface area contributed by atoms with E-state index in [1.807, 2.05) is 0 Å². The summed E-state index contributed by atoms with van der Waals surface area (Å²) in [5.74, 6) is -0.469. The molecule has 0 aliphatic rings. The monoisotopic (exact) mass is 259 g/mol. The Bertz CT molecular complexity index is 404. The van der Waals surface area contributed by atoms with Crippen LogP contribution in [-0.4, -0.2) is 4.92 Å². The maximum Gasteiger partial charge on any atom is 0.235 e. The molecule has 0 bridgehead atoms. The molecule has 1 aromatic carbocycles. The number of rotatable bonds is 2. The van der Waals surface area contributed by atoms with Crippen molar-refractivity contribution in [3.05, 3.63) is 49.9 Å². The van der Waals surface area contributed by atoms with Crippen LogP contribution >= 0.6 is 15.9 Å². The molecular weight excluding hydrogens is 253 g/mol. The molecule has 0 amide bonds. The van der Waals surface area contributed by atoms with E-state index >= 15 is 0 Å². The van der Waals surface area contributed by atoms with Gasteiger partial charge < -0.3 is 0 Å². The first kappa shape index (κ1) is 10.8. The Balaban J connectivity index is 3.10. The molecule has 0 aliphatic heterocycles. The van der Waals surface area contributed by atoms with Crippen molar-refractivity contribution in [3.8, 4) is 0 Å². The van der Waals surface area contributed by atoms with E-state index in [4.69, 9.17) is 0 Å². The van der Waals surface area contributed by atoms with Gasteiger partial charge >= 0.3 is 0 Å². The molecule has 1 aromatic rings. The topological polar surface area (TPSA) is 43.1 Å². The van der Waals surface area contributed by atoms with Gasteiger partial charge in [-0.2, -0.15) is 0 Å². The highest BCUT2D eigenvalue weighted by Gasteiger charge is 2.03. The van der Waals surface area contributed by atoms with E-state index < -0.39 is 10.7 Å². The van der Waals surface area contributed by atoms with Crippen LogP contribution in [0, 0.1) is 22.9 Å². The van der Waals surface area contributed by atoms with Gasteiger partial charge in [0, 0.05) is 16.1 Å². The molecule has 5 heteroatoms. The van der Waals surface area contributed by atoms with E-state index in [9.17, 15) is 14.5 Å². The number of benzene rings is 1. The van der Waals surface area contributed by atoms with Gasteiger partial charge in [0.15, 0.2) is 0 Å². The fourth-order valence-corrected chi connectivity index (χ4v) is 1.29. The summed E-state index contributed by atoms with van der Waals surface area (Å²) in [4.78, 5) is 9.39. The van der Waals surface area contributed by atoms with E-state index in [0.29, 0.717) is 6.20 Å². The molecule has 0 saturated carbocycles. The minimum absolute atomic E-state index is 0.194. The summed E-state index contributed by atoms with van der Waals surface area (Å²) in [6.45, 7) is 1.74. The molecule has 3 nitrogen and oxygen atoms in total. The average molecular weight is 260 g/mol.